The molecule has 0 saturated heterocycles. The van der Waals surface area contributed by atoms with Crippen LogP contribution in [0.4, 0.5) is 8.78 Å². The van der Waals surface area contributed by atoms with Crippen molar-refractivity contribution in [1.29, 1.82) is 0 Å². The molecule has 1 heterocycles. The highest BCUT2D eigenvalue weighted by atomic mass is 19.1. The van der Waals surface area contributed by atoms with Crippen molar-refractivity contribution < 1.29 is 13.5 Å². The molecule has 1 atom stereocenters. The summed E-state index contributed by atoms with van der Waals surface area (Å²) >= 11 is 0. The lowest BCUT2D eigenvalue weighted by Crippen LogP contribution is -2.09. The second-order valence-corrected chi connectivity index (χ2v) is 3.79. The first-order valence-electron chi connectivity index (χ1n) is 4.93. The SMILES string of the molecule is CC(F)COc1cc(C(C)C)c(F)cn1. The number of ether oxygens (including phenoxy) is 1. The van der Waals surface area contributed by atoms with Gasteiger partial charge in [0.15, 0.2) is 0 Å². The number of alkyl halides is 1. The molecular formula is C11H15F2NO. The summed E-state index contributed by atoms with van der Waals surface area (Å²) in [7, 11) is 0. The Labute approximate surface area is 88.3 Å². The second-order valence-electron chi connectivity index (χ2n) is 3.79. The standard InChI is InChI=1S/C11H15F2NO/c1-7(2)9-4-11(14-5-10(9)13)15-6-8(3)12/h4-5,7-8H,6H2,1-3H3. The van der Waals surface area contributed by atoms with Gasteiger partial charge in [0, 0.05) is 6.07 Å². The van der Waals surface area contributed by atoms with E-state index >= 15 is 0 Å². The molecule has 15 heavy (non-hydrogen) atoms. The summed E-state index contributed by atoms with van der Waals surface area (Å²) in [6, 6.07) is 1.52. The minimum absolute atomic E-state index is 0.0538. The summed E-state index contributed by atoms with van der Waals surface area (Å²) in [5.74, 6) is -0.0339. The van der Waals surface area contributed by atoms with Crippen molar-refractivity contribution in [2.75, 3.05) is 6.61 Å². The fourth-order valence-corrected chi connectivity index (χ4v) is 1.16. The average molecular weight is 215 g/mol. The average Bonchev–Trinajstić information content (AvgIpc) is 2.16. The molecular weight excluding hydrogens is 200 g/mol. The van der Waals surface area contributed by atoms with E-state index < -0.39 is 6.17 Å². The molecule has 0 fully saturated rings. The lowest BCUT2D eigenvalue weighted by atomic mass is 10.0. The van der Waals surface area contributed by atoms with Crippen molar-refractivity contribution in [3.63, 3.8) is 0 Å². The van der Waals surface area contributed by atoms with E-state index in [-0.39, 0.29) is 24.2 Å². The van der Waals surface area contributed by atoms with Crippen LogP contribution in [0.25, 0.3) is 0 Å². The van der Waals surface area contributed by atoms with Crippen LogP contribution in [-0.2, 0) is 0 Å². The molecule has 1 aromatic rings. The first kappa shape index (κ1) is 11.9. The molecule has 0 spiro atoms. The number of pyridine rings is 1. The van der Waals surface area contributed by atoms with Gasteiger partial charge in [-0.25, -0.2) is 13.8 Å². The van der Waals surface area contributed by atoms with Crippen molar-refractivity contribution in [2.45, 2.75) is 32.9 Å². The van der Waals surface area contributed by atoms with Crippen LogP contribution in [-0.4, -0.2) is 17.8 Å². The van der Waals surface area contributed by atoms with E-state index in [1.165, 1.54) is 13.0 Å². The van der Waals surface area contributed by atoms with Gasteiger partial charge >= 0.3 is 0 Å². The molecule has 1 rings (SSSR count). The Morgan fingerprint density at radius 2 is 2.07 bits per heavy atom. The van der Waals surface area contributed by atoms with Crippen LogP contribution in [0.2, 0.25) is 0 Å². The molecule has 0 aromatic carbocycles. The molecule has 0 amide bonds. The minimum Gasteiger partial charge on any atom is -0.475 e. The molecule has 0 radical (unpaired) electrons. The maximum Gasteiger partial charge on any atom is 0.213 e. The molecule has 4 heteroatoms. The summed E-state index contributed by atoms with van der Waals surface area (Å²) in [4.78, 5) is 3.73. The van der Waals surface area contributed by atoms with Gasteiger partial charge in [0.05, 0.1) is 6.20 Å². The molecule has 0 aliphatic rings. The fourth-order valence-electron chi connectivity index (χ4n) is 1.16. The number of nitrogens with zero attached hydrogens (tertiary/aromatic N) is 1. The predicted octanol–water partition coefficient (Wildman–Crippen LogP) is 3.08. The van der Waals surface area contributed by atoms with Gasteiger partial charge in [-0.1, -0.05) is 13.8 Å². The Kier molecular flexibility index (Phi) is 4.00. The number of halogens is 2. The lowest BCUT2D eigenvalue weighted by molar-refractivity contribution is 0.203. The monoisotopic (exact) mass is 215 g/mol. The second kappa shape index (κ2) is 5.05. The third-order valence-electron chi connectivity index (χ3n) is 1.94. The highest BCUT2D eigenvalue weighted by Gasteiger charge is 2.09. The lowest BCUT2D eigenvalue weighted by Gasteiger charge is -2.10. The van der Waals surface area contributed by atoms with Crippen LogP contribution < -0.4 is 4.74 Å². The highest BCUT2D eigenvalue weighted by molar-refractivity contribution is 5.24. The van der Waals surface area contributed by atoms with E-state index in [4.69, 9.17) is 4.74 Å². The molecule has 84 valence electrons. The Bertz CT molecular complexity index is 326. The van der Waals surface area contributed by atoms with Gasteiger partial charge in [0.25, 0.3) is 0 Å². The zero-order valence-corrected chi connectivity index (χ0v) is 9.13. The molecule has 0 aliphatic carbocycles. The number of hydrogen-bond acceptors (Lipinski definition) is 2. The summed E-state index contributed by atoms with van der Waals surface area (Å²) in [5, 5.41) is 0. The minimum atomic E-state index is -1.06. The zero-order valence-electron chi connectivity index (χ0n) is 9.13. The summed E-state index contributed by atoms with van der Waals surface area (Å²) in [6.07, 6.45) is 0.0486. The highest BCUT2D eigenvalue weighted by Crippen LogP contribution is 2.21. The van der Waals surface area contributed by atoms with Crippen LogP contribution in [0.3, 0.4) is 0 Å². The van der Waals surface area contributed by atoms with Gasteiger partial charge < -0.3 is 4.74 Å². The first-order valence-corrected chi connectivity index (χ1v) is 4.93. The van der Waals surface area contributed by atoms with E-state index in [2.05, 4.69) is 4.98 Å². The van der Waals surface area contributed by atoms with Gasteiger partial charge in [-0.05, 0) is 18.4 Å². The maximum atomic E-state index is 13.2. The predicted molar refractivity (Wildman–Crippen MR) is 54.3 cm³/mol. The summed E-state index contributed by atoms with van der Waals surface area (Å²) < 4.78 is 30.8. The fraction of sp³-hybridized carbons (Fsp3) is 0.545. The van der Waals surface area contributed by atoms with E-state index in [0.717, 1.165) is 6.20 Å². The first-order chi connectivity index (χ1) is 7.00. The molecule has 0 bridgehead atoms. The third kappa shape index (κ3) is 3.46. The van der Waals surface area contributed by atoms with Gasteiger partial charge in [-0.15, -0.1) is 0 Å². The quantitative estimate of drug-likeness (QED) is 0.770. The number of aromatic nitrogens is 1. The largest absolute Gasteiger partial charge is 0.475 e. The smallest absolute Gasteiger partial charge is 0.213 e. The van der Waals surface area contributed by atoms with E-state index in [1.807, 2.05) is 13.8 Å². The van der Waals surface area contributed by atoms with E-state index in [9.17, 15) is 8.78 Å². The van der Waals surface area contributed by atoms with Gasteiger partial charge in [0.1, 0.15) is 18.6 Å². The van der Waals surface area contributed by atoms with Crippen molar-refractivity contribution >= 4 is 0 Å². The normalized spacial score (nSPS) is 12.9. The molecule has 0 saturated carbocycles. The van der Waals surface area contributed by atoms with Gasteiger partial charge in [0.2, 0.25) is 5.88 Å². The summed E-state index contributed by atoms with van der Waals surface area (Å²) in [6.45, 7) is 5.09. The van der Waals surface area contributed by atoms with E-state index in [0.29, 0.717) is 5.56 Å². The van der Waals surface area contributed by atoms with Crippen molar-refractivity contribution in [1.82, 2.24) is 4.98 Å². The Balaban J connectivity index is 2.78. The van der Waals surface area contributed by atoms with Crippen LogP contribution in [0, 0.1) is 5.82 Å². The van der Waals surface area contributed by atoms with Gasteiger partial charge in [-0.3, -0.25) is 0 Å². The van der Waals surface area contributed by atoms with Crippen LogP contribution in [0.1, 0.15) is 32.3 Å². The van der Waals surface area contributed by atoms with E-state index in [1.54, 1.807) is 0 Å². The molecule has 1 unspecified atom stereocenters. The summed E-state index contributed by atoms with van der Waals surface area (Å²) in [5.41, 5.74) is 0.534. The molecule has 2 nitrogen and oxygen atoms in total. The maximum absolute atomic E-state index is 13.2. The third-order valence-corrected chi connectivity index (χ3v) is 1.94. The van der Waals surface area contributed by atoms with Gasteiger partial charge in [-0.2, -0.15) is 0 Å². The number of hydrogen-bond donors (Lipinski definition) is 0. The van der Waals surface area contributed by atoms with Crippen LogP contribution in [0.15, 0.2) is 12.3 Å². The zero-order chi connectivity index (χ0) is 11.4. The van der Waals surface area contributed by atoms with Crippen LogP contribution >= 0.6 is 0 Å². The molecule has 1 aromatic heterocycles. The Morgan fingerprint density at radius 1 is 1.40 bits per heavy atom. The van der Waals surface area contributed by atoms with Crippen molar-refractivity contribution in [2.24, 2.45) is 0 Å². The Hall–Kier alpha value is -1.19. The number of rotatable bonds is 4. The van der Waals surface area contributed by atoms with Crippen LogP contribution in [0.5, 0.6) is 5.88 Å². The van der Waals surface area contributed by atoms with Crippen molar-refractivity contribution in [3.05, 3.63) is 23.6 Å². The molecule has 0 N–H and O–H groups in total. The Morgan fingerprint density at radius 3 is 2.60 bits per heavy atom. The topological polar surface area (TPSA) is 22.1 Å². The molecule has 0 aliphatic heterocycles. The van der Waals surface area contributed by atoms with Crippen molar-refractivity contribution in [3.8, 4) is 5.88 Å².